The lowest BCUT2D eigenvalue weighted by molar-refractivity contribution is -0.144. The van der Waals surface area contributed by atoms with Crippen molar-refractivity contribution in [1.82, 2.24) is 10.2 Å². The topological polar surface area (TPSA) is 15.3 Å². The van der Waals surface area contributed by atoms with Crippen molar-refractivity contribution >= 4 is 0 Å². The number of nitrogens with one attached hydrogen (secondary N) is 1. The van der Waals surface area contributed by atoms with Crippen molar-refractivity contribution in [2.45, 2.75) is 69.1 Å². The molecular formula is C15H25F3N2. The summed E-state index contributed by atoms with van der Waals surface area (Å²) in [5, 5.41) is 3.69. The maximum atomic E-state index is 12.6. The molecule has 1 saturated heterocycles. The molecule has 3 fully saturated rings. The van der Waals surface area contributed by atoms with Crippen LogP contribution in [0.3, 0.4) is 0 Å². The first-order chi connectivity index (χ1) is 9.33. The molecule has 0 bridgehead atoms. The fourth-order valence-electron chi connectivity index (χ4n) is 4.20. The molecule has 0 aromatic carbocycles. The molecule has 1 N–H and O–H groups in total. The zero-order chi connectivity index (χ0) is 14.4. The van der Waals surface area contributed by atoms with Gasteiger partial charge in [0.15, 0.2) is 0 Å². The highest BCUT2D eigenvalue weighted by molar-refractivity contribution is 5.10. The fraction of sp³-hybridized carbons (Fsp3) is 1.00. The lowest BCUT2D eigenvalue weighted by Crippen LogP contribution is -2.69. The van der Waals surface area contributed by atoms with Crippen molar-refractivity contribution < 1.29 is 13.2 Å². The summed E-state index contributed by atoms with van der Waals surface area (Å²) in [4.78, 5) is 2.18. The van der Waals surface area contributed by atoms with Gasteiger partial charge in [-0.15, -0.1) is 0 Å². The molecule has 116 valence electrons. The Morgan fingerprint density at radius 3 is 2.40 bits per heavy atom. The summed E-state index contributed by atoms with van der Waals surface area (Å²) in [6.45, 7) is 4.03. The van der Waals surface area contributed by atoms with Gasteiger partial charge in [-0.05, 0) is 38.5 Å². The van der Waals surface area contributed by atoms with E-state index in [1.165, 1.54) is 12.8 Å². The Hall–Kier alpha value is -0.290. The smallest absolute Gasteiger partial charge is 0.308 e. The van der Waals surface area contributed by atoms with Gasteiger partial charge >= 0.3 is 6.18 Å². The van der Waals surface area contributed by atoms with Crippen molar-refractivity contribution in [3.63, 3.8) is 0 Å². The van der Waals surface area contributed by atoms with E-state index < -0.39 is 12.6 Å². The Bertz CT molecular complexity index is 359. The summed E-state index contributed by atoms with van der Waals surface area (Å²) in [6, 6.07) is 0. The van der Waals surface area contributed by atoms with Gasteiger partial charge in [0.05, 0.1) is 6.42 Å². The van der Waals surface area contributed by atoms with Gasteiger partial charge in [0.1, 0.15) is 0 Å². The van der Waals surface area contributed by atoms with Crippen LogP contribution in [0.5, 0.6) is 0 Å². The molecule has 0 aromatic heterocycles. The van der Waals surface area contributed by atoms with Crippen LogP contribution in [0.1, 0.15) is 51.9 Å². The maximum absolute atomic E-state index is 12.6. The first-order valence-electron chi connectivity index (χ1n) is 7.90. The van der Waals surface area contributed by atoms with Crippen LogP contribution in [-0.4, -0.2) is 41.8 Å². The molecule has 1 heterocycles. The van der Waals surface area contributed by atoms with Crippen LogP contribution in [0.2, 0.25) is 0 Å². The van der Waals surface area contributed by atoms with Crippen LogP contribution in [0.25, 0.3) is 0 Å². The highest BCUT2D eigenvalue weighted by Gasteiger charge is 2.52. The van der Waals surface area contributed by atoms with Gasteiger partial charge in [0.25, 0.3) is 0 Å². The van der Waals surface area contributed by atoms with E-state index in [9.17, 15) is 13.2 Å². The van der Waals surface area contributed by atoms with E-state index in [1.807, 2.05) is 0 Å². The molecule has 20 heavy (non-hydrogen) atoms. The standard InChI is InChI=1S/C15H25F3N2/c1-13(12-4-5-12)11-20(9-8-15(16,17)18)14(10-19-13)6-2-3-7-14/h12,19H,2-11H2,1H3. The number of hydrogen-bond acceptors (Lipinski definition) is 2. The second-order valence-electron chi connectivity index (χ2n) is 7.26. The minimum absolute atomic E-state index is 0.000347. The zero-order valence-electron chi connectivity index (χ0n) is 12.2. The van der Waals surface area contributed by atoms with E-state index in [-0.39, 0.29) is 17.6 Å². The number of hydrogen-bond donors (Lipinski definition) is 1. The van der Waals surface area contributed by atoms with Crippen LogP contribution in [0.15, 0.2) is 0 Å². The average molecular weight is 290 g/mol. The highest BCUT2D eigenvalue weighted by Crippen LogP contribution is 2.46. The summed E-state index contributed by atoms with van der Waals surface area (Å²) in [6.07, 6.45) is 2.16. The van der Waals surface area contributed by atoms with Gasteiger partial charge in [-0.1, -0.05) is 12.8 Å². The quantitative estimate of drug-likeness (QED) is 0.857. The minimum atomic E-state index is -4.04. The van der Waals surface area contributed by atoms with Crippen molar-refractivity contribution in [2.24, 2.45) is 5.92 Å². The number of piperazine rings is 1. The molecule has 3 rings (SSSR count). The second kappa shape index (κ2) is 4.87. The van der Waals surface area contributed by atoms with E-state index >= 15 is 0 Å². The Balaban J connectivity index is 1.72. The van der Waals surface area contributed by atoms with Gasteiger partial charge in [0.2, 0.25) is 0 Å². The summed E-state index contributed by atoms with van der Waals surface area (Å²) in [5.74, 6) is 0.662. The van der Waals surface area contributed by atoms with Gasteiger partial charge in [-0.25, -0.2) is 0 Å². The summed E-state index contributed by atoms with van der Waals surface area (Å²) in [5.41, 5.74) is 0.0269. The lowest BCUT2D eigenvalue weighted by atomic mass is 9.83. The molecule has 2 nitrogen and oxygen atoms in total. The minimum Gasteiger partial charge on any atom is -0.308 e. The predicted octanol–water partition coefficient (Wildman–Crippen LogP) is 3.33. The summed E-state index contributed by atoms with van der Waals surface area (Å²) in [7, 11) is 0. The third-order valence-electron chi connectivity index (χ3n) is 5.69. The normalized spacial score (nSPS) is 34.8. The molecule has 0 amide bonds. The number of alkyl halides is 3. The van der Waals surface area contributed by atoms with Gasteiger partial charge < -0.3 is 5.32 Å². The third-order valence-corrected chi connectivity index (χ3v) is 5.69. The molecule has 0 aromatic rings. The Kier molecular flexibility index (Phi) is 3.57. The van der Waals surface area contributed by atoms with E-state index in [0.29, 0.717) is 5.92 Å². The molecule has 1 unspecified atom stereocenters. The second-order valence-corrected chi connectivity index (χ2v) is 7.26. The SMILES string of the molecule is CC1(C2CC2)CN(CCC(F)(F)F)C2(CCCC2)CN1. The monoisotopic (exact) mass is 290 g/mol. The highest BCUT2D eigenvalue weighted by atomic mass is 19.4. The lowest BCUT2D eigenvalue weighted by Gasteiger charge is -2.53. The van der Waals surface area contributed by atoms with E-state index in [0.717, 1.165) is 38.8 Å². The van der Waals surface area contributed by atoms with Crippen LogP contribution in [-0.2, 0) is 0 Å². The molecular weight excluding hydrogens is 265 g/mol. The van der Waals surface area contributed by atoms with Crippen molar-refractivity contribution in [3.8, 4) is 0 Å². The molecule has 2 saturated carbocycles. The molecule has 1 spiro atoms. The van der Waals surface area contributed by atoms with E-state index in [4.69, 9.17) is 0 Å². The molecule has 5 heteroatoms. The van der Waals surface area contributed by atoms with Crippen LogP contribution in [0, 0.1) is 5.92 Å². The zero-order valence-corrected chi connectivity index (χ0v) is 12.2. The Morgan fingerprint density at radius 1 is 1.20 bits per heavy atom. The first kappa shape index (κ1) is 14.6. The molecule has 1 aliphatic heterocycles. The van der Waals surface area contributed by atoms with E-state index in [1.54, 1.807) is 0 Å². The molecule has 2 aliphatic carbocycles. The van der Waals surface area contributed by atoms with Crippen LogP contribution in [0.4, 0.5) is 13.2 Å². The average Bonchev–Trinajstić information content (AvgIpc) is 3.12. The van der Waals surface area contributed by atoms with Crippen LogP contribution >= 0.6 is 0 Å². The molecule has 1 atom stereocenters. The van der Waals surface area contributed by atoms with Gasteiger partial charge in [-0.3, -0.25) is 4.90 Å². The van der Waals surface area contributed by atoms with Gasteiger partial charge in [0, 0.05) is 30.7 Å². The largest absolute Gasteiger partial charge is 0.390 e. The number of rotatable bonds is 3. The van der Waals surface area contributed by atoms with Crippen molar-refractivity contribution in [3.05, 3.63) is 0 Å². The van der Waals surface area contributed by atoms with Crippen LogP contribution < -0.4 is 5.32 Å². The molecule has 3 aliphatic rings. The first-order valence-corrected chi connectivity index (χ1v) is 7.90. The van der Waals surface area contributed by atoms with E-state index in [2.05, 4.69) is 17.1 Å². The third kappa shape index (κ3) is 2.84. The fourth-order valence-corrected chi connectivity index (χ4v) is 4.20. The Labute approximate surface area is 119 Å². The molecule has 0 radical (unpaired) electrons. The Morgan fingerprint density at radius 2 is 1.85 bits per heavy atom. The van der Waals surface area contributed by atoms with Gasteiger partial charge in [-0.2, -0.15) is 13.2 Å². The summed E-state index contributed by atoms with van der Waals surface area (Å²) < 4.78 is 37.8. The summed E-state index contributed by atoms with van der Waals surface area (Å²) >= 11 is 0. The number of nitrogens with zero attached hydrogens (tertiary/aromatic N) is 1. The predicted molar refractivity (Wildman–Crippen MR) is 72.6 cm³/mol. The van der Waals surface area contributed by atoms with Crippen molar-refractivity contribution in [1.29, 1.82) is 0 Å². The number of halogens is 3. The maximum Gasteiger partial charge on any atom is 0.390 e. The van der Waals surface area contributed by atoms with Crippen molar-refractivity contribution in [2.75, 3.05) is 19.6 Å².